The Labute approximate surface area is 147 Å². The fraction of sp³-hybridized carbons (Fsp3) is 0.278. The Morgan fingerprint density at radius 3 is 2.44 bits per heavy atom. The van der Waals surface area contributed by atoms with Crippen LogP contribution in [-0.2, 0) is 14.8 Å². The van der Waals surface area contributed by atoms with E-state index in [1.54, 1.807) is 37.3 Å². The molecule has 2 aromatic rings. The summed E-state index contributed by atoms with van der Waals surface area (Å²) >= 11 is 0. The normalized spacial score (nSPS) is 16.8. The van der Waals surface area contributed by atoms with Gasteiger partial charge >= 0.3 is 0 Å². The third kappa shape index (κ3) is 3.61. The van der Waals surface area contributed by atoms with E-state index in [2.05, 4.69) is 10.0 Å². The molecule has 2 aromatic carbocycles. The number of hydrogen-bond acceptors (Lipinski definition) is 4. The molecule has 2 N–H and O–H groups in total. The number of hydrogen-bond donors (Lipinski definition) is 2. The van der Waals surface area contributed by atoms with Gasteiger partial charge in [-0.2, -0.15) is 0 Å². The Hall–Kier alpha value is -2.54. The Balaban J connectivity index is 1.84. The number of ether oxygens (including phenoxy) is 1. The number of carbonyl (C=O) groups excluding carboxylic acids is 1. The molecular formula is C18H20N2O4S. The molecule has 1 heterocycles. The summed E-state index contributed by atoms with van der Waals surface area (Å²) < 4.78 is 33.1. The predicted octanol–water partition coefficient (Wildman–Crippen LogP) is 3.33. The molecule has 7 heteroatoms. The summed E-state index contributed by atoms with van der Waals surface area (Å²) in [6.45, 7) is 5.74. The van der Waals surface area contributed by atoms with Gasteiger partial charge in [-0.25, -0.2) is 8.42 Å². The first-order chi connectivity index (χ1) is 11.8. The van der Waals surface area contributed by atoms with E-state index in [0.29, 0.717) is 23.0 Å². The molecule has 1 aliphatic heterocycles. The first-order valence-electron chi connectivity index (χ1n) is 8.00. The molecule has 1 aliphatic rings. The molecule has 1 amide bonds. The highest BCUT2D eigenvalue weighted by Gasteiger charge is 2.24. The van der Waals surface area contributed by atoms with Crippen LogP contribution in [0.2, 0.25) is 0 Å². The summed E-state index contributed by atoms with van der Waals surface area (Å²) in [5, 5.41) is 2.70. The van der Waals surface area contributed by atoms with Crippen LogP contribution in [0, 0.1) is 0 Å². The van der Waals surface area contributed by atoms with E-state index in [4.69, 9.17) is 4.74 Å². The van der Waals surface area contributed by atoms with Gasteiger partial charge in [-0.3, -0.25) is 9.52 Å². The maximum atomic E-state index is 12.5. The molecule has 3 rings (SSSR count). The molecule has 0 fully saturated rings. The van der Waals surface area contributed by atoms with E-state index in [1.807, 2.05) is 26.0 Å². The number of anilines is 2. The number of sulfonamides is 1. The molecule has 6 nitrogen and oxygen atoms in total. The number of amides is 1. The average Bonchev–Trinajstić information content (AvgIpc) is 2.56. The molecule has 0 aromatic heterocycles. The van der Waals surface area contributed by atoms with Crippen molar-refractivity contribution < 1.29 is 17.9 Å². The standard InChI is InChI=1S/C18H20N2O4S/c1-11(2)13-4-7-15(8-5-13)25(22,23)20-14-6-9-17-16(10-14)19-18(21)12(3)24-17/h4-12,20H,1-3H3,(H,19,21)/t12-/m0/s1. The fourth-order valence-electron chi connectivity index (χ4n) is 2.52. The van der Waals surface area contributed by atoms with Crippen molar-refractivity contribution in [3.05, 3.63) is 48.0 Å². The Bertz CT molecular complexity index is 905. The zero-order chi connectivity index (χ0) is 18.2. The van der Waals surface area contributed by atoms with Crippen LogP contribution in [0.4, 0.5) is 11.4 Å². The van der Waals surface area contributed by atoms with Crippen molar-refractivity contribution in [1.29, 1.82) is 0 Å². The SMILES string of the molecule is CC(C)c1ccc(S(=O)(=O)Nc2ccc3c(c2)NC(=O)[C@H](C)O3)cc1. The van der Waals surface area contributed by atoms with Crippen molar-refractivity contribution in [2.45, 2.75) is 37.7 Å². The van der Waals surface area contributed by atoms with Gasteiger partial charge in [0.15, 0.2) is 6.10 Å². The molecule has 25 heavy (non-hydrogen) atoms. The first-order valence-corrected chi connectivity index (χ1v) is 9.49. The highest BCUT2D eigenvalue weighted by atomic mass is 32.2. The second-order valence-corrected chi connectivity index (χ2v) is 7.97. The number of carbonyl (C=O) groups is 1. The highest BCUT2D eigenvalue weighted by molar-refractivity contribution is 7.92. The van der Waals surface area contributed by atoms with Gasteiger partial charge in [0.2, 0.25) is 0 Å². The number of benzene rings is 2. The largest absolute Gasteiger partial charge is 0.479 e. The van der Waals surface area contributed by atoms with E-state index < -0.39 is 16.1 Å². The van der Waals surface area contributed by atoms with Crippen LogP contribution >= 0.6 is 0 Å². The monoisotopic (exact) mass is 360 g/mol. The van der Waals surface area contributed by atoms with Gasteiger partial charge in [0, 0.05) is 0 Å². The van der Waals surface area contributed by atoms with Crippen molar-refractivity contribution in [3.8, 4) is 5.75 Å². The molecular weight excluding hydrogens is 340 g/mol. The van der Waals surface area contributed by atoms with Gasteiger partial charge in [0.05, 0.1) is 16.3 Å². The van der Waals surface area contributed by atoms with Crippen LogP contribution in [0.3, 0.4) is 0 Å². The molecule has 0 aliphatic carbocycles. The lowest BCUT2D eigenvalue weighted by molar-refractivity contribution is -0.122. The van der Waals surface area contributed by atoms with E-state index in [9.17, 15) is 13.2 Å². The van der Waals surface area contributed by atoms with Crippen LogP contribution < -0.4 is 14.8 Å². The van der Waals surface area contributed by atoms with Crippen LogP contribution in [0.15, 0.2) is 47.4 Å². The van der Waals surface area contributed by atoms with Crippen molar-refractivity contribution in [2.24, 2.45) is 0 Å². The summed E-state index contributed by atoms with van der Waals surface area (Å²) in [6, 6.07) is 11.6. The molecule has 0 radical (unpaired) electrons. The van der Waals surface area contributed by atoms with E-state index in [1.165, 1.54) is 0 Å². The highest BCUT2D eigenvalue weighted by Crippen LogP contribution is 2.33. The molecule has 0 saturated carbocycles. The summed E-state index contributed by atoms with van der Waals surface area (Å²) in [5.41, 5.74) is 1.87. The Morgan fingerprint density at radius 1 is 1.12 bits per heavy atom. The minimum Gasteiger partial charge on any atom is -0.479 e. The first kappa shape index (κ1) is 17.3. The lowest BCUT2D eigenvalue weighted by Gasteiger charge is -2.23. The zero-order valence-corrected chi connectivity index (χ0v) is 15.1. The summed E-state index contributed by atoms with van der Waals surface area (Å²) in [5.74, 6) is 0.574. The number of rotatable bonds is 4. The van der Waals surface area contributed by atoms with E-state index >= 15 is 0 Å². The van der Waals surface area contributed by atoms with Crippen molar-refractivity contribution in [2.75, 3.05) is 10.0 Å². The minimum atomic E-state index is -3.71. The van der Waals surface area contributed by atoms with Gasteiger partial charge in [0.1, 0.15) is 5.75 Å². The maximum absolute atomic E-state index is 12.5. The predicted molar refractivity (Wildman–Crippen MR) is 96.5 cm³/mol. The average molecular weight is 360 g/mol. The lowest BCUT2D eigenvalue weighted by atomic mass is 10.0. The van der Waals surface area contributed by atoms with Gasteiger partial charge in [-0.15, -0.1) is 0 Å². The fourth-order valence-corrected chi connectivity index (χ4v) is 3.57. The third-order valence-corrected chi connectivity index (χ3v) is 5.42. The van der Waals surface area contributed by atoms with Gasteiger partial charge in [0.25, 0.3) is 15.9 Å². The second-order valence-electron chi connectivity index (χ2n) is 6.29. The van der Waals surface area contributed by atoms with Crippen LogP contribution in [0.1, 0.15) is 32.3 Å². The van der Waals surface area contributed by atoms with Gasteiger partial charge < -0.3 is 10.1 Å². The summed E-state index contributed by atoms with van der Waals surface area (Å²) in [4.78, 5) is 11.9. The smallest absolute Gasteiger partial charge is 0.265 e. The summed E-state index contributed by atoms with van der Waals surface area (Å²) in [7, 11) is -3.71. The van der Waals surface area contributed by atoms with Crippen LogP contribution in [0.25, 0.3) is 0 Å². The molecule has 1 atom stereocenters. The minimum absolute atomic E-state index is 0.184. The van der Waals surface area contributed by atoms with Crippen LogP contribution in [-0.4, -0.2) is 20.4 Å². The van der Waals surface area contributed by atoms with Crippen molar-refractivity contribution in [1.82, 2.24) is 0 Å². The summed E-state index contributed by atoms with van der Waals surface area (Å²) in [6.07, 6.45) is -0.575. The third-order valence-electron chi connectivity index (χ3n) is 4.02. The number of nitrogens with one attached hydrogen (secondary N) is 2. The molecule has 0 spiro atoms. The number of fused-ring (bicyclic) bond motifs is 1. The molecule has 0 bridgehead atoms. The van der Waals surface area contributed by atoms with E-state index in [0.717, 1.165) is 5.56 Å². The Morgan fingerprint density at radius 2 is 1.80 bits per heavy atom. The maximum Gasteiger partial charge on any atom is 0.265 e. The van der Waals surface area contributed by atoms with Crippen molar-refractivity contribution >= 4 is 27.3 Å². The Kier molecular flexibility index (Phi) is 4.43. The van der Waals surface area contributed by atoms with Gasteiger partial charge in [-0.1, -0.05) is 26.0 Å². The quantitative estimate of drug-likeness (QED) is 0.876. The van der Waals surface area contributed by atoms with Gasteiger partial charge in [-0.05, 0) is 48.7 Å². The van der Waals surface area contributed by atoms with E-state index in [-0.39, 0.29) is 10.8 Å². The van der Waals surface area contributed by atoms with Crippen LogP contribution in [0.5, 0.6) is 5.75 Å². The second kappa shape index (κ2) is 6.40. The molecule has 0 saturated heterocycles. The van der Waals surface area contributed by atoms with Crippen molar-refractivity contribution in [3.63, 3.8) is 0 Å². The molecule has 132 valence electrons. The lowest BCUT2D eigenvalue weighted by Crippen LogP contribution is -2.34. The molecule has 0 unspecified atom stereocenters. The topological polar surface area (TPSA) is 84.5 Å². The zero-order valence-electron chi connectivity index (χ0n) is 14.2.